The van der Waals surface area contributed by atoms with Crippen LogP contribution in [0.5, 0.6) is 0 Å². The van der Waals surface area contributed by atoms with Gasteiger partial charge in [0, 0.05) is 42.0 Å². The number of ether oxygens (including phenoxy) is 1. The summed E-state index contributed by atoms with van der Waals surface area (Å²) < 4.78 is 5.31. The van der Waals surface area contributed by atoms with E-state index in [-0.39, 0.29) is 11.8 Å². The van der Waals surface area contributed by atoms with E-state index in [2.05, 4.69) is 10.3 Å². The maximum atomic E-state index is 13.8. The summed E-state index contributed by atoms with van der Waals surface area (Å²) in [6, 6.07) is 15.4. The van der Waals surface area contributed by atoms with Crippen molar-refractivity contribution in [3.05, 3.63) is 65.9 Å². The molecule has 1 fully saturated rings. The van der Waals surface area contributed by atoms with Crippen LogP contribution in [0.4, 0.5) is 5.69 Å². The molecule has 1 aliphatic carbocycles. The number of carbonyl (C=O) groups is 2. The quantitative estimate of drug-likeness (QED) is 0.650. The van der Waals surface area contributed by atoms with Gasteiger partial charge < -0.3 is 19.9 Å². The number of rotatable bonds is 5. The molecule has 1 aliphatic heterocycles. The Morgan fingerprint density at radius 3 is 2.81 bits per heavy atom. The summed E-state index contributed by atoms with van der Waals surface area (Å²) in [4.78, 5) is 32.4. The number of amides is 2. The third-order valence-corrected chi connectivity index (χ3v) is 6.89. The smallest absolute Gasteiger partial charge is 0.254 e. The van der Waals surface area contributed by atoms with Crippen molar-refractivity contribution < 1.29 is 14.3 Å². The highest BCUT2D eigenvalue weighted by Crippen LogP contribution is 2.50. The Bertz CT molecular complexity index is 1130. The molecule has 1 atom stereocenters. The lowest BCUT2D eigenvalue weighted by Gasteiger charge is -2.50. The van der Waals surface area contributed by atoms with Gasteiger partial charge >= 0.3 is 0 Å². The van der Waals surface area contributed by atoms with Crippen molar-refractivity contribution in [1.82, 2.24) is 9.88 Å². The number of hydrogen-bond donors (Lipinski definition) is 2. The average molecular weight is 418 g/mol. The largest absolute Gasteiger partial charge is 0.383 e. The average Bonchev–Trinajstić information content (AvgIpc) is 3.44. The Balaban J connectivity index is 1.57. The fraction of sp³-hybridized carbons (Fsp3) is 0.360. The summed E-state index contributed by atoms with van der Waals surface area (Å²) in [7, 11) is 1.64. The number of hydrogen-bond acceptors (Lipinski definition) is 3. The van der Waals surface area contributed by atoms with Crippen LogP contribution in [0.1, 0.15) is 47.5 Å². The van der Waals surface area contributed by atoms with E-state index in [4.69, 9.17) is 4.74 Å². The van der Waals surface area contributed by atoms with Crippen LogP contribution in [0, 0.1) is 0 Å². The van der Waals surface area contributed by atoms with Gasteiger partial charge in [-0.25, -0.2) is 0 Å². The van der Waals surface area contributed by atoms with E-state index in [0.29, 0.717) is 18.7 Å². The third kappa shape index (κ3) is 3.22. The number of aromatic amines is 1. The Kier molecular flexibility index (Phi) is 5.02. The Hall–Kier alpha value is -3.12. The van der Waals surface area contributed by atoms with Gasteiger partial charge in [-0.1, -0.05) is 31.0 Å². The molecule has 160 valence electrons. The van der Waals surface area contributed by atoms with E-state index in [1.165, 1.54) is 0 Å². The van der Waals surface area contributed by atoms with Crippen LogP contribution in [-0.4, -0.2) is 47.5 Å². The summed E-state index contributed by atoms with van der Waals surface area (Å²) in [6.07, 6.45) is 5.56. The topological polar surface area (TPSA) is 74.4 Å². The van der Waals surface area contributed by atoms with Gasteiger partial charge in [0.25, 0.3) is 5.91 Å². The minimum atomic E-state index is -0.508. The molecule has 0 saturated heterocycles. The van der Waals surface area contributed by atoms with E-state index in [1.807, 2.05) is 59.6 Å². The van der Waals surface area contributed by atoms with Crippen LogP contribution >= 0.6 is 0 Å². The van der Waals surface area contributed by atoms with Gasteiger partial charge in [-0.05, 0) is 48.7 Å². The lowest BCUT2D eigenvalue weighted by molar-refractivity contribution is -0.121. The maximum absolute atomic E-state index is 13.8. The van der Waals surface area contributed by atoms with Crippen LogP contribution < -0.4 is 5.32 Å². The number of aromatic nitrogens is 1. The van der Waals surface area contributed by atoms with Gasteiger partial charge in [-0.15, -0.1) is 0 Å². The highest BCUT2D eigenvalue weighted by molar-refractivity contribution is 6.05. The molecule has 2 amide bonds. The molecule has 0 radical (unpaired) electrons. The van der Waals surface area contributed by atoms with Crippen molar-refractivity contribution in [2.24, 2.45) is 0 Å². The van der Waals surface area contributed by atoms with E-state index in [1.54, 1.807) is 7.11 Å². The second-order valence-corrected chi connectivity index (χ2v) is 8.55. The first kappa shape index (κ1) is 19.8. The van der Waals surface area contributed by atoms with Crippen molar-refractivity contribution in [2.75, 3.05) is 25.6 Å². The second kappa shape index (κ2) is 7.85. The van der Waals surface area contributed by atoms with Gasteiger partial charge in [-0.3, -0.25) is 9.59 Å². The summed E-state index contributed by atoms with van der Waals surface area (Å²) >= 11 is 0. The molecule has 6 heteroatoms. The van der Waals surface area contributed by atoms with E-state index >= 15 is 0 Å². The zero-order valence-electron chi connectivity index (χ0n) is 17.7. The zero-order valence-corrected chi connectivity index (χ0v) is 17.7. The monoisotopic (exact) mass is 417 g/mol. The molecule has 31 heavy (non-hydrogen) atoms. The molecule has 1 spiro atoms. The SMILES string of the molecule is COCCN1C(=O)c2ccccc2C(C(=O)Nc2ccc3[nH]ccc3c2)C12CCCC2. The van der Waals surface area contributed by atoms with Gasteiger partial charge in [-0.2, -0.15) is 0 Å². The standard InChI is InChI=1S/C25H27N3O3/c1-31-15-14-28-24(30)20-7-3-2-6-19(20)22(25(28)11-4-5-12-25)23(29)27-18-8-9-21-17(16-18)10-13-26-21/h2-3,6-10,13,16,22,26H,4-5,11-12,14-15H2,1H3,(H,27,29). The molecule has 2 aliphatic rings. The molecule has 0 bridgehead atoms. The lowest BCUT2D eigenvalue weighted by atomic mass is 9.71. The van der Waals surface area contributed by atoms with Crippen LogP contribution in [0.15, 0.2) is 54.7 Å². The minimum absolute atomic E-state index is 0.00680. The van der Waals surface area contributed by atoms with Crippen molar-refractivity contribution in [3.8, 4) is 0 Å². The molecule has 6 nitrogen and oxygen atoms in total. The van der Waals surface area contributed by atoms with Gasteiger partial charge in [0.15, 0.2) is 0 Å². The first-order valence-corrected chi connectivity index (χ1v) is 10.9. The number of H-pyrrole nitrogens is 1. The van der Waals surface area contributed by atoms with E-state index in [9.17, 15) is 9.59 Å². The Morgan fingerprint density at radius 2 is 2.00 bits per heavy atom. The summed E-state index contributed by atoms with van der Waals surface area (Å²) in [5, 5.41) is 4.21. The fourth-order valence-electron chi connectivity index (χ4n) is 5.52. The highest BCUT2D eigenvalue weighted by atomic mass is 16.5. The van der Waals surface area contributed by atoms with Gasteiger partial charge in [0.05, 0.1) is 18.1 Å². The van der Waals surface area contributed by atoms with Crippen LogP contribution in [0.3, 0.4) is 0 Å². The van der Waals surface area contributed by atoms with Crippen molar-refractivity contribution >= 4 is 28.4 Å². The number of anilines is 1. The molecule has 5 rings (SSSR count). The molecule has 3 aromatic rings. The maximum Gasteiger partial charge on any atom is 0.254 e. The number of fused-ring (bicyclic) bond motifs is 2. The first-order valence-electron chi connectivity index (χ1n) is 10.9. The van der Waals surface area contributed by atoms with Crippen molar-refractivity contribution in [2.45, 2.75) is 37.1 Å². The van der Waals surface area contributed by atoms with Crippen LogP contribution in [-0.2, 0) is 9.53 Å². The minimum Gasteiger partial charge on any atom is -0.383 e. The van der Waals surface area contributed by atoms with E-state index < -0.39 is 11.5 Å². The van der Waals surface area contributed by atoms with Crippen molar-refractivity contribution in [1.29, 1.82) is 0 Å². The number of carbonyl (C=O) groups excluding carboxylic acids is 2. The first-order chi connectivity index (χ1) is 15.1. The molecule has 2 heterocycles. The molecule has 2 aromatic carbocycles. The summed E-state index contributed by atoms with van der Waals surface area (Å²) in [6.45, 7) is 0.941. The number of methoxy groups -OCH3 is 1. The molecular formula is C25H27N3O3. The summed E-state index contributed by atoms with van der Waals surface area (Å²) in [5.74, 6) is -0.464. The molecule has 1 aromatic heterocycles. The molecule has 1 unspecified atom stereocenters. The summed E-state index contributed by atoms with van der Waals surface area (Å²) in [5.41, 5.74) is 2.75. The fourth-order valence-corrected chi connectivity index (χ4v) is 5.52. The number of benzene rings is 2. The normalized spacial score (nSPS) is 19.7. The number of nitrogens with zero attached hydrogens (tertiary/aromatic N) is 1. The third-order valence-electron chi connectivity index (χ3n) is 6.89. The molecule has 2 N–H and O–H groups in total. The zero-order chi connectivity index (χ0) is 21.4. The van der Waals surface area contributed by atoms with Gasteiger partial charge in [0.1, 0.15) is 0 Å². The number of nitrogens with one attached hydrogen (secondary N) is 2. The highest BCUT2D eigenvalue weighted by Gasteiger charge is 2.55. The Labute approximate surface area is 181 Å². The lowest BCUT2D eigenvalue weighted by Crippen LogP contribution is -2.60. The van der Waals surface area contributed by atoms with Crippen molar-refractivity contribution in [3.63, 3.8) is 0 Å². The molecule has 1 saturated carbocycles. The Morgan fingerprint density at radius 1 is 1.19 bits per heavy atom. The van der Waals surface area contributed by atoms with E-state index in [0.717, 1.165) is 47.8 Å². The van der Waals surface area contributed by atoms with Crippen LogP contribution in [0.2, 0.25) is 0 Å². The predicted molar refractivity (Wildman–Crippen MR) is 120 cm³/mol. The second-order valence-electron chi connectivity index (χ2n) is 8.55. The molecular weight excluding hydrogens is 390 g/mol. The van der Waals surface area contributed by atoms with Gasteiger partial charge in [0.2, 0.25) is 5.91 Å². The predicted octanol–water partition coefficient (Wildman–Crippen LogP) is 4.31. The van der Waals surface area contributed by atoms with Crippen LogP contribution in [0.25, 0.3) is 10.9 Å².